The Morgan fingerprint density at radius 3 is 2.74 bits per heavy atom. The zero-order valence-electron chi connectivity index (χ0n) is 13.8. The van der Waals surface area contributed by atoms with Gasteiger partial charge >= 0.3 is 6.01 Å². The Morgan fingerprint density at radius 1 is 1.22 bits per heavy atom. The van der Waals surface area contributed by atoms with Gasteiger partial charge in [-0.1, -0.05) is 20.3 Å². The first-order valence-corrected chi connectivity index (χ1v) is 8.37. The van der Waals surface area contributed by atoms with E-state index >= 15 is 0 Å². The zero-order chi connectivity index (χ0) is 16.1. The molecule has 0 atom stereocenters. The van der Waals surface area contributed by atoms with Crippen LogP contribution in [0, 0.1) is 5.92 Å². The average molecular weight is 316 g/mol. The minimum atomic E-state index is 0.203. The number of hydrogen-bond acceptors (Lipinski definition) is 6. The predicted molar refractivity (Wildman–Crippen MR) is 87.8 cm³/mol. The minimum Gasteiger partial charge on any atom is -0.460 e. The summed E-state index contributed by atoms with van der Waals surface area (Å²) in [4.78, 5) is 13.3. The van der Waals surface area contributed by atoms with Crippen molar-refractivity contribution in [2.45, 2.75) is 52.1 Å². The topological polar surface area (TPSA) is 77.8 Å². The molecule has 1 N–H and O–H groups in total. The van der Waals surface area contributed by atoms with Gasteiger partial charge in [0.15, 0.2) is 0 Å². The van der Waals surface area contributed by atoms with Crippen molar-refractivity contribution in [3.05, 3.63) is 18.5 Å². The molecule has 2 aromatic heterocycles. The number of anilines is 1. The van der Waals surface area contributed by atoms with Crippen LogP contribution >= 0.6 is 0 Å². The molecule has 2 heterocycles. The van der Waals surface area contributed by atoms with E-state index in [1.165, 1.54) is 19.3 Å². The molecule has 1 saturated carbocycles. The van der Waals surface area contributed by atoms with Crippen LogP contribution in [-0.2, 0) is 0 Å². The molecular weight excluding hydrogens is 292 g/mol. The third-order valence-electron chi connectivity index (χ3n) is 3.81. The summed E-state index contributed by atoms with van der Waals surface area (Å²) >= 11 is 0. The lowest BCUT2D eigenvalue weighted by molar-refractivity contribution is 0.141. The fourth-order valence-corrected chi connectivity index (χ4v) is 2.59. The predicted octanol–water partition coefficient (Wildman–Crippen LogP) is 2.84. The van der Waals surface area contributed by atoms with Crippen molar-refractivity contribution in [3.63, 3.8) is 0 Å². The lowest BCUT2D eigenvalue weighted by atomic mass is 9.98. The van der Waals surface area contributed by atoms with Gasteiger partial charge in [0.25, 0.3) is 5.95 Å². The average Bonchev–Trinajstić information content (AvgIpc) is 3.08. The van der Waals surface area contributed by atoms with Crippen molar-refractivity contribution >= 4 is 5.95 Å². The van der Waals surface area contributed by atoms with Crippen LogP contribution in [0.15, 0.2) is 18.5 Å². The fraction of sp³-hybridized carbons (Fsp3) is 0.625. The molecule has 0 unspecified atom stereocenters. The summed E-state index contributed by atoms with van der Waals surface area (Å²) in [6.45, 7) is 5.08. The molecule has 2 aromatic rings. The smallest absolute Gasteiger partial charge is 0.323 e. The van der Waals surface area contributed by atoms with Crippen LogP contribution in [0.4, 0.5) is 5.95 Å². The van der Waals surface area contributed by atoms with Gasteiger partial charge < -0.3 is 10.1 Å². The molecule has 0 spiro atoms. The first-order valence-electron chi connectivity index (χ1n) is 8.37. The maximum atomic E-state index is 6.00. The summed E-state index contributed by atoms with van der Waals surface area (Å²) < 4.78 is 7.62. The molecule has 124 valence electrons. The SMILES string of the molecule is CC(C)CNc1nc(OC2CCCCC2)nc(-n2cccn2)n1. The number of hydrogen-bond donors (Lipinski definition) is 1. The minimum absolute atomic E-state index is 0.203. The summed E-state index contributed by atoms with van der Waals surface area (Å²) in [6.07, 6.45) is 9.56. The Hall–Kier alpha value is -2.18. The van der Waals surface area contributed by atoms with E-state index in [2.05, 4.69) is 39.2 Å². The highest BCUT2D eigenvalue weighted by atomic mass is 16.5. The standard InChI is InChI=1S/C16H24N6O/c1-12(2)11-17-14-19-15(22-10-6-9-18-22)21-16(20-14)23-13-7-4-3-5-8-13/h6,9-10,12-13H,3-5,7-8,11H2,1-2H3,(H,17,19,20,21). The van der Waals surface area contributed by atoms with Crippen molar-refractivity contribution in [3.8, 4) is 12.0 Å². The molecule has 0 radical (unpaired) electrons. The Morgan fingerprint density at radius 2 is 2.04 bits per heavy atom. The van der Waals surface area contributed by atoms with Gasteiger partial charge in [-0.15, -0.1) is 0 Å². The summed E-state index contributed by atoms with van der Waals surface area (Å²) in [5.74, 6) is 1.51. The van der Waals surface area contributed by atoms with Crippen molar-refractivity contribution in [2.75, 3.05) is 11.9 Å². The van der Waals surface area contributed by atoms with Gasteiger partial charge in [-0.2, -0.15) is 20.1 Å². The second-order valence-corrected chi connectivity index (χ2v) is 6.34. The molecule has 0 aromatic carbocycles. The largest absolute Gasteiger partial charge is 0.460 e. The molecule has 23 heavy (non-hydrogen) atoms. The van der Waals surface area contributed by atoms with Crippen LogP contribution < -0.4 is 10.1 Å². The number of aromatic nitrogens is 5. The molecule has 0 bridgehead atoms. The number of nitrogens with one attached hydrogen (secondary N) is 1. The van der Waals surface area contributed by atoms with E-state index in [4.69, 9.17) is 4.74 Å². The van der Waals surface area contributed by atoms with Gasteiger partial charge in [0, 0.05) is 18.9 Å². The van der Waals surface area contributed by atoms with Crippen molar-refractivity contribution in [2.24, 2.45) is 5.92 Å². The lowest BCUT2D eigenvalue weighted by Gasteiger charge is -2.22. The van der Waals surface area contributed by atoms with Crippen LogP contribution in [0.2, 0.25) is 0 Å². The van der Waals surface area contributed by atoms with Crippen LogP contribution in [0.1, 0.15) is 46.0 Å². The zero-order valence-corrected chi connectivity index (χ0v) is 13.8. The summed E-state index contributed by atoms with van der Waals surface area (Å²) in [5.41, 5.74) is 0. The Balaban J connectivity index is 1.81. The second-order valence-electron chi connectivity index (χ2n) is 6.34. The Bertz CT molecular complexity index is 607. The molecule has 1 aliphatic rings. The molecule has 1 aliphatic carbocycles. The molecule has 7 nitrogen and oxygen atoms in total. The van der Waals surface area contributed by atoms with Crippen LogP contribution in [0.25, 0.3) is 5.95 Å². The normalized spacial score (nSPS) is 15.8. The second kappa shape index (κ2) is 7.39. The van der Waals surface area contributed by atoms with Gasteiger partial charge in [0.2, 0.25) is 5.95 Å². The molecule has 1 fully saturated rings. The van der Waals surface area contributed by atoms with E-state index in [1.807, 2.05) is 12.3 Å². The third-order valence-corrected chi connectivity index (χ3v) is 3.81. The molecule has 0 amide bonds. The number of nitrogens with zero attached hydrogens (tertiary/aromatic N) is 5. The van der Waals surface area contributed by atoms with E-state index in [0.29, 0.717) is 23.8 Å². The van der Waals surface area contributed by atoms with Gasteiger partial charge in [-0.25, -0.2) is 4.68 Å². The van der Waals surface area contributed by atoms with Crippen LogP contribution in [0.3, 0.4) is 0 Å². The summed E-state index contributed by atoms with van der Waals surface area (Å²) in [7, 11) is 0. The molecule has 0 aliphatic heterocycles. The first kappa shape index (κ1) is 15.7. The monoisotopic (exact) mass is 316 g/mol. The van der Waals surface area contributed by atoms with Gasteiger partial charge in [-0.3, -0.25) is 0 Å². The van der Waals surface area contributed by atoms with E-state index in [0.717, 1.165) is 19.4 Å². The maximum absolute atomic E-state index is 6.00. The third kappa shape index (κ3) is 4.40. The van der Waals surface area contributed by atoms with Crippen LogP contribution in [-0.4, -0.2) is 37.4 Å². The van der Waals surface area contributed by atoms with Gasteiger partial charge in [0.1, 0.15) is 6.10 Å². The van der Waals surface area contributed by atoms with Crippen molar-refractivity contribution < 1.29 is 4.74 Å². The number of rotatable bonds is 6. The summed E-state index contributed by atoms with van der Waals surface area (Å²) in [6, 6.07) is 2.22. The fourth-order valence-electron chi connectivity index (χ4n) is 2.59. The highest BCUT2D eigenvalue weighted by Gasteiger charge is 2.18. The first-order chi connectivity index (χ1) is 11.2. The maximum Gasteiger partial charge on any atom is 0.323 e. The molecular formula is C16H24N6O. The summed E-state index contributed by atoms with van der Waals surface area (Å²) in [5, 5.41) is 7.43. The van der Waals surface area contributed by atoms with E-state index in [9.17, 15) is 0 Å². The van der Waals surface area contributed by atoms with E-state index in [-0.39, 0.29) is 6.10 Å². The van der Waals surface area contributed by atoms with Crippen LogP contribution in [0.5, 0.6) is 6.01 Å². The van der Waals surface area contributed by atoms with E-state index < -0.39 is 0 Å². The van der Waals surface area contributed by atoms with Crippen molar-refractivity contribution in [1.82, 2.24) is 24.7 Å². The van der Waals surface area contributed by atoms with Crippen molar-refractivity contribution in [1.29, 1.82) is 0 Å². The Labute approximate surface area is 136 Å². The number of ether oxygens (including phenoxy) is 1. The highest BCUT2D eigenvalue weighted by molar-refractivity contribution is 5.30. The Kier molecular flexibility index (Phi) is 5.05. The highest BCUT2D eigenvalue weighted by Crippen LogP contribution is 2.22. The molecule has 7 heteroatoms. The van der Waals surface area contributed by atoms with E-state index in [1.54, 1.807) is 10.9 Å². The molecule has 3 rings (SSSR count). The quantitative estimate of drug-likeness (QED) is 0.883. The molecule has 0 saturated heterocycles. The van der Waals surface area contributed by atoms with Gasteiger partial charge in [0.05, 0.1) is 0 Å². The van der Waals surface area contributed by atoms with Gasteiger partial charge in [-0.05, 0) is 37.7 Å². The lowest BCUT2D eigenvalue weighted by Crippen LogP contribution is -2.22.